The molecule has 1 atom stereocenters. The number of hydrogen-bond acceptors (Lipinski definition) is 4. The lowest BCUT2D eigenvalue weighted by Crippen LogP contribution is -2.08. The molecule has 0 spiro atoms. The number of fused-ring (bicyclic) bond motifs is 1. The van der Waals surface area contributed by atoms with Crippen molar-refractivity contribution in [2.24, 2.45) is 0 Å². The van der Waals surface area contributed by atoms with Gasteiger partial charge in [0.2, 0.25) is 0 Å². The molecule has 1 aliphatic rings. The Morgan fingerprint density at radius 2 is 1.83 bits per heavy atom. The van der Waals surface area contributed by atoms with Crippen molar-refractivity contribution in [2.45, 2.75) is 52.5 Å². The van der Waals surface area contributed by atoms with E-state index in [9.17, 15) is 8.42 Å². The second-order valence-electron chi connectivity index (χ2n) is 3.42. The second-order valence-corrected chi connectivity index (χ2v) is 6.78. The summed E-state index contributed by atoms with van der Waals surface area (Å²) >= 11 is 1.51. The van der Waals surface area contributed by atoms with Gasteiger partial charge in [0.1, 0.15) is 0 Å². The van der Waals surface area contributed by atoms with Crippen LogP contribution in [0.5, 0.6) is 0 Å². The highest BCUT2D eigenvalue weighted by molar-refractivity contribution is 7.91. The lowest BCUT2D eigenvalue weighted by atomic mass is 10.3. The third-order valence-electron chi connectivity index (χ3n) is 2.27. The fraction of sp³-hybridized carbons (Fsp3) is 0.692. The van der Waals surface area contributed by atoms with Crippen molar-refractivity contribution in [1.82, 2.24) is 0 Å². The highest BCUT2D eigenvalue weighted by Crippen LogP contribution is 2.35. The molecule has 106 valence electrons. The summed E-state index contributed by atoms with van der Waals surface area (Å²) in [6.07, 6.45) is -0.0963. The zero-order valence-corrected chi connectivity index (χ0v) is 13.7. The molecule has 0 aliphatic carbocycles. The van der Waals surface area contributed by atoms with Gasteiger partial charge in [0, 0.05) is 4.88 Å². The third kappa shape index (κ3) is 4.07. The molecule has 0 amide bonds. The normalized spacial score (nSPS) is 20.4. The molecule has 0 aromatic carbocycles. The first-order valence-corrected chi connectivity index (χ1v) is 8.92. The van der Waals surface area contributed by atoms with Crippen LogP contribution < -0.4 is 0 Å². The minimum Gasteiger partial charge on any atom is -0.372 e. The van der Waals surface area contributed by atoms with Crippen LogP contribution in [0.4, 0.5) is 0 Å². The van der Waals surface area contributed by atoms with Crippen molar-refractivity contribution < 1.29 is 13.2 Å². The molecule has 18 heavy (non-hydrogen) atoms. The van der Waals surface area contributed by atoms with Crippen molar-refractivity contribution in [3.05, 3.63) is 15.8 Å². The molecule has 0 fully saturated rings. The van der Waals surface area contributed by atoms with E-state index in [-0.39, 0.29) is 11.9 Å². The molecule has 2 heterocycles. The SMILES string of the molecule is CC.CC.Cc1cc2c(s1)C(C)OCCS2(=O)=O. The van der Waals surface area contributed by atoms with Crippen molar-refractivity contribution >= 4 is 21.2 Å². The van der Waals surface area contributed by atoms with E-state index in [1.165, 1.54) is 11.3 Å². The average Bonchev–Trinajstić information content (AvgIpc) is 2.73. The smallest absolute Gasteiger partial charge is 0.181 e. The summed E-state index contributed by atoms with van der Waals surface area (Å²) in [6.45, 7) is 12.1. The van der Waals surface area contributed by atoms with Gasteiger partial charge in [-0.2, -0.15) is 0 Å². The van der Waals surface area contributed by atoms with Crippen molar-refractivity contribution in [3.8, 4) is 0 Å². The maximum atomic E-state index is 11.8. The maximum Gasteiger partial charge on any atom is 0.181 e. The lowest BCUT2D eigenvalue weighted by molar-refractivity contribution is 0.0810. The van der Waals surface area contributed by atoms with E-state index in [0.717, 1.165) is 9.75 Å². The molecule has 0 saturated heterocycles. The van der Waals surface area contributed by atoms with E-state index in [4.69, 9.17) is 4.74 Å². The number of aryl methyl sites for hydroxylation is 1. The van der Waals surface area contributed by atoms with Gasteiger partial charge < -0.3 is 4.74 Å². The fourth-order valence-electron chi connectivity index (χ4n) is 1.56. The third-order valence-corrected chi connectivity index (χ3v) is 5.33. The molecular formula is C13H24O3S2. The zero-order valence-electron chi connectivity index (χ0n) is 12.1. The topological polar surface area (TPSA) is 43.4 Å². The molecule has 1 aliphatic heterocycles. The van der Waals surface area contributed by atoms with Gasteiger partial charge in [0.15, 0.2) is 9.84 Å². The minimum absolute atomic E-state index is 0.0963. The largest absolute Gasteiger partial charge is 0.372 e. The standard InChI is InChI=1S/C9H12O3S2.2C2H6/c1-6-5-8-9(13-6)7(2)12-3-4-14(8,10)11;2*1-2/h5,7H,3-4H2,1-2H3;2*1-2H3. The van der Waals surface area contributed by atoms with Gasteiger partial charge >= 0.3 is 0 Å². The molecule has 1 aromatic rings. The summed E-state index contributed by atoms with van der Waals surface area (Å²) in [6, 6.07) is 1.75. The number of rotatable bonds is 0. The molecule has 1 unspecified atom stereocenters. The lowest BCUT2D eigenvalue weighted by Gasteiger charge is -2.06. The van der Waals surface area contributed by atoms with E-state index in [1.54, 1.807) is 6.07 Å². The molecule has 0 bridgehead atoms. The van der Waals surface area contributed by atoms with Crippen LogP contribution in [0, 0.1) is 6.92 Å². The van der Waals surface area contributed by atoms with Crippen LogP contribution in [0.2, 0.25) is 0 Å². The van der Waals surface area contributed by atoms with Crippen LogP contribution >= 0.6 is 11.3 Å². The predicted molar refractivity (Wildman–Crippen MR) is 78.2 cm³/mol. The second kappa shape index (κ2) is 7.92. The Labute approximate surface area is 115 Å². The Morgan fingerprint density at radius 3 is 2.39 bits per heavy atom. The molecule has 0 N–H and O–H groups in total. The van der Waals surface area contributed by atoms with Crippen LogP contribution in [0.15, 0.2) is 11.0 Å². The van der Waals surface area contributed by atoms with E-state index in [0.29, 0.717) is 11.5 Å². The molecule has 0 saturated carbocycles. The van der Waals surface area contributed by atoms with Gasteiger partial charge in [-0.1, -0.05) is 27.7 Å². The van der Waals surface area contributed by atoms with Crippen LogP contribution in [-0.2, 0) is 14.6 Å². The zero-order chi connectivity index (χ0) is 14.3. The van der Waals surface area contributed by atoms with E-state index < -0.39 is 9.84 Å². The number of sulfone groups is 1. The van der Waals surface area contributed by atoms with E-state index in [1.807, 2.05) is 41.5 Å². The van der Waals surface area contributed by atoms with Crippen LogP contribution in [0.25, 0.3) is 0 Å². The maximum absolute atomic E-state index is 11.8. The van der Waals surface area contributed by atoms with Crippen LogP contribution in [0.3, 0.4) is 0 Å². The van der Waals surface area contributed by atoms with Crippen molar-refractivity contribution in [3.63, 3.8) is 0 Å². The molecule has 5 heteroatoms. The molecule has 2 rings (SSSR count). The van der Waals surface area contributed by atoms with Gasteiger partial charge in [-0.25, -0.2) is 8.42 Å². The molecule has 1 aromatic heterocycles. The molecule has 3 nitrogen and oxygen atoms in total. The van der Waals surface area contributed by atoms with E-state index in [2.05, 4.69) is 0 Å². The van der Waals surface area contributed by atoms with Gasteiger partial charge in [-0.3, -0.25) is 0 Å². The van der Waals surface area contributed by atoms with E-state index >= 15 is 0 Å². The number of thiophene rings is 1. The van der Waals surface area contributed by atoms with Gasteiger partial charge in [0.25, 0.3) is 0 Å². The summed E-state index contributed by atoms with van der Waals surface area (Å²) in [4.78, 5) is 2.35. The van der Waals surface area contributed by atoms with Crippen molar-refractivity contribution in [1.29, 1.82) is 0 Å². The quantitative estimate of drug-likeness (QED) is 0.726. The molecule has 0 radical (unpaired) electrons. The fourth-order valence-corrected chi connectivity index (χ4v) is 4.42. The van der Waals surface area contributed by atoms with Crippen molar-refractivity contribution in [2.75, 3.05) is 12.4 Å². The molecular weight excluding hydrogens is 268 g/mol. The highest BCUT2D eigenvalue weighted by atomic mass is 32.2. The Morgan fingerprint density at radius 1 is 1.28 bits per heavy atom. The van der Waals surface area contributed by atoms with Gasteiger partial charge in [-0.05, 0) is 19.9 Å². The highest BCUT2D eigenvalue weighted by Gasteiger charge is 2.28. The summed E-state index contributed by atoms with van der Waals surface area (Å²) < 4.78 is 29.0. The Hall–Kier alpha value is -0.390. The average molecular weight is 292 g/mol. The first-order valence-electron chi connectivity index (χ1n) is 6.45. The Balaban J connectivity index is 0.000000659. The van der Waals surface area contributed by atoms with Crippen LogP contribution in [0.1, 0.15) is 50.5 Å². The summed E-state index contributed by atoms with van der Waals surface area (Å²) in [5, 5.41) is 0. The summed E-state index contributed by atoms with van der Waals surface area (Å²) in [5.74, 6) is 0.0977. The number of hydrogen-bond donors (Lipinski definition) is 0. The Bertz CT molecular complexity index is 447. The first kappa shape index (κ1) is 17.6. The summed E-state index contributed by atoms with van der Waals surface area (Å²) in [7, 11) is -3.11. The monoisotopic (exact) mass is 292 g/mol. The number of ether oxygens (including phenoxy) is 1. The van der Waals surface area contributed by atoms with Crippen LogP contribution in [-0.4, -0.2) is 20.8 Å². The first-order chi connectivity index (χ1) is 8.50. The summed E-state index contributed by atoms with van der Waals surface area (Å²) in [5.41, 5.74) is 0. The Kier molecular flexibility index (Phi) is 7.75. The van der Waals surface area contributed by atoms with Gasteiger partial charge in [-0.15, -0.1) is 11.3 Å². The minimum atomic E-state index is -3.11. The predicted octanol–water partition coefficient (Wildman–Crippen LogP) is 3.97. The van der Waals surface area contributed by atoms with Gasteiger partial charge in [0.05, 0.1) is 28.2 Å².